The molecule has 0 saturated carbocycles. The zero-order chi connectivity index (χ0) is 30.0. The van der Waals surface area contributed by atoms with E-state index < -0.39 is 17.7 Å². The number of fused-ring (bicyclic) bond motifs is 1. The molecule has 218 valence electrons. The molecule has 1 N–H and O–H groups in total. The summed E-state index contributed by atoms with van der Waals surface area (Å²) < 4.78 is 12.9. The van der Waals surface area contributed by atoms with Crippen LogP contribution in [0, 0.1) is 13.8 Å². The van der Waals surface area contributed by atoms with Gasteiger partial charge in [-0.1, -0.05) is 54.8 Å². The predicted octanol–water partition coefficient (Wildman–Crippen LogP) is 8.16. The molecule has 9 heteroatoms. The standard InChI is InChI=1S/C33H33ClN2O5S/c1-5-7-8-15-41-24-14-11-22(18-25(24)40-6-2)29-27(30(37)21-9-12-23(34)13-10-21)31(38)32(39)36(29)33-35-28-20(4)16-19(3)17-26(28)42-33/h9-14,16-18,29,37H,5-8,15H2,1-4H3. The number of halogens is 1. The third kappa shape index (κ3) is 5.74. The first-order valence-corrected chi connectivity index (χ1v) is 15.3. The van der Waals surface area contributed by atoms with E-state index in [1.54, 1.807) is 42.5 Å². The van der Waals surface area contributed by atoms with E-state index in [-0.39, 0.29) is 11.3 Å². The van der Waals surface area contributed by atoms with Gasteiger partial charge in [-0.25, -0.2) is 4.98 Å². The molecule has 1 fully saturated rings. The number of anilines is 1. The number of thiazole rings is 1. The molecule has 2 heterocycles. The van der Waals surface area contributed by atoms with E-state index >= 15 is 0 Å². The molecule has 1 atom stereocenters. The maximum Gasteiger partial charge on any atom is 0.301 e. The molecule has 0 bridgehead atoms. The number of hydrogen-bond acceptors (Lipinski definition) is 7. The summed E-state index contributed by atoms with van der Waals surface area (Å²) in [6, 6.07) is 15.0. The van der Waals surface area contributed by atoms with E-state index in [2.05, 4.69) is 6.92 Å². The van der Waals surface area contributed by atoms with Crippen molar-refractivity contribution >= 4 is 55.7 Å². The Labute approximate surface area is 254 Å². The van der Waals surface area contributed by atoms with Crippen LogP contribution in [0.4, 0.5) is 5.13 Å². The second-order valence-corrected chi connectivity index (χ2v) is 11.7. The number of Topliss-reactive ketones (excluding diaryl/α,β-unsaturated/α-hetero) is 1. The predicted molar refractivity (Wildman–Crippen MR) is 168 cm³/mol. The van der Waals surface area contributed by atoms with Crippen LogP contribution in [-0.2, 0) is 9.59 Å². The van der Waals surface area contributed by atoms with Gasteiger partial charge >= 0.3 is 5.91 Å². The van der Waals surface area contributed by atoms with Gasteiger partial charge in [0.15, 0.2) is 16.6 Å². The van der Waals surface area contributed by atoms with Gasteiger partial charge in [0.25, 0.3) is 5.78 Å². The number of aryl methyl sites for hydroxylation is 2. The Morgan fingerprint density at radius 3 is 2.48 bits per heavy atom. The van der Waals surface area contributed by atoms with Crippen molar-refractivity contribution in [3.05, 3.63) is 87.4 Å². The molecule has 0 spiro atoms. The van der Waals surface area contributed by atoms with Crippen molar-refractivity contribution in [2.24, 2.45) is 0 Å². The highest BCUT2D eigenvalue weighted by Gasteiger charge is 2.48. The van der Waals surface area contributed by atoms with Crippen LogP contribution in [0.25, 0.3) is 16.0 Å². The molecule has 3 aromatic carbocycles. The lowest BCUT2D eigenvalue weighted by atomic mass is 9.95. The van der Waals surface area contributed by atoms with Crippen LogP contribution in [0.2, 0.25) is 5.02 Å². The maximum atomic E-state index is 13.7. The largest absolute Gasteiger partial charge is 0.507 e. The quantitative estimate of drug-likeness (QED) is 0.0850. The third-order valence-electron chi connectivity index (χ3n) is 7.18. The van der Waals surface area contributed by atoms with Crippen molar-refractivity contribution < 1.29 is 24.2 Å². The number of unbranched alkanes of at least 4 members (excludes halogenated alkanes) is 2. The number of ketones is 1. The van der Waals surface area contributed by atoms with Crippen LogP contribution in [0.3, 0.4) is 0 Å². The van der Waals surface area contributed by atoms with Crippen LogP contribution in [0.15, 0.2) is 60.2 Å². The first-order valence-electron chi connectivity index (χ1n) is 14.1. The van der Waals surface area contributed by atoms with Gasteiger partial charge in [0.2, 0.25) is 0 Å². The molecule has 0 radical (unpaired) electrons. The van der Waals surface area contributed by atoms with Crippen molar-refractivity contribution in [3.63, 3.8) is 0 Å². The molecular weight excluding hydrogens is 572 g/mol. The van der Waals surface area contributed by atoms with E-state index in [0.717, 1.165) is 40.6 Å². The van der Waals surface area contributed by atoms with Crippen molar-refractivity contribution in [1.82, 2.24) is 4.98 Å². The molecule has 4 aromatic rings. The number of benzene rings is 3. The first kappa shape index (κ1) is 29.6. The second kappa shape index (κ2) is 12.5. The summed E-state index contributed by atoms with van der Waals surface area (Å²) in [4.78, 5) is 33.6. The van der Waals surface area contributed by atoms with Crippen LogP contribution in [0.1, 0.15) is 61.4 Å². The average molecular weight is 605 g/mol. The van der Waals surface area contributed by atoms with Crippen molar-refractivity contribution in [2.45, 2.75) is 53.0 Å². The van der Waals surface area contributed by atoms with Gasteiger partial charge in [0.1, 0.15) is 5.76 Å². The highest BCUT2D eigenvalue weighted by molar-refractivity contribution is 7.22. The number of aromatic nitrogens is 1. The van der Waals surface area contributed by atoms with Gasteiger partial charge in [-0.15, -0.1) is 0 Å². The normalized spacial score (nSPS) is 16.4. The van der Waals surface area contributed by atoms with Crippen molar-refractivity contribution in [3.8, 4) is 11.5 Å². The molecule has 42 heavy (non-hydrogen) atoms. The fourth-order valence-electron chi connectivity index (χ4n) is 5.19. The Morgan fingerprint density at radius 2 is 1.76 bits per heavy atom. The molecule has 1 aromatic heterocycles. The molecule has 0 aliphatic carbocycles. The highest BCUT2D eigenvalue weighted by atomic mass is 35.5. The summed E-state index contributed by atoms with van der Waals surface area (Å²) >= 11 is 7.41. The molecule has 1 amide bonds. The number of amides is 1. The second-order valence-electron chi connectivity index (χ2n) is 10.3. The lowest BCUT2D eigenvalue weighted by Crippen LogP contribution is -2.29. The Hall–Kier alpha value is -3.88. The topological polar surface area (TPSA) is 89.0 Å². The third-order valence-corrected chi connectivity index (χ3v) is 8.43. The lowest BCUT2D eigenvalue weighted by Gasteiger charge is -2.24. The number of ether oxygens (including phenoxy) is 2. The number of rotatable bonds is 10. The monoisotopic (exact) mass is 604 g/mol. The van der Waals surface area contributed by atoms with E-state index in [9.17, 15) is 14.7 Å². The fraction of sp³-hybridized carbons (Fsp3) is 0.303. The minimum atomic E-state index is -0.948. The Balaban J connectivity index is 1.68. The maximum absolute atomic E-state index is 13.7. The summed E-state index contributed by atoms with van der Waals surface area (Å²) in [6.07, 6.45) is 3.06. The van der Waals surface area contributed by atoms with Crippen LogP contribution >= 0.6 is 22.9 Å². The van der Waals surface area contributed by atoms with Crippen LogP contribution in [-0.4, -0.2) is 35.0 Å². The van der Waals surface area contributed by atoms with Gasteiger partial charge < -0.3 is 14.6 Å². The Kier molecular flexibility index (Phi) is 8.85. The molecule has 7 nitrogen and oxygen atoms in total. The summed E-state index contributed by atoms with van der Waals surface area (Å²) in [5, 5.41) is 12.3. The number of carbonyl (C=O) groups is 2. The summed E-state index contributed by atoms with van der Waals surface area (Å²) in [5.74, 6) is -0.764. The molecule has 5 rings (SSSR count). The van der Waals surface area contributed by atoms with E-state index in [1.807, 2.05) is 32.9 Å². The smallest absolute Gasteiger partial charge is 0.301 e. The first-order chi connectivity index (χ1) is 20.2. The SMILES string of the molecule is CCCCCOc1ccc(C2C(=C(O)c3ccc(Cl)cc3)C(=O)C(=O)N2c2nc3c(C)cc(C)cc3s2)cc1OCC. The molecule has 1 aliphatic heterocycles. The number of hydrogen-bond donors (Lipinski definition) is 1. The van der Waals surface area contributed by atoms with Gasteiger partial charge in [-0.2, -0.15) is 0 Å². The van der Waals surface area contributed by atoms with Gasteiger partial charge in [0, 0.05) is 10.6 Å². The zero-order valence-corrected chi connectivity index (χ0v) is 25.6. The fourth-order valence-corrected chi connectivity index (χ4v) is 6.48. The van der Waals surface area contributed by atoms with Crippen LogP contribution < -0.4 is 14.4 Å². The van der Waals surface area contributed by atoms with E-state index in [1.165, 1.54) is 16.2 Å². The Morgan fingerprint density at radius 1 is 1.00 bits per heavy atom. The molecule has 1 unspecified atom stereocenters. The van der Waals surface area contributed by atoms with Crippen molar-refractivity contribution in [1.29, 1.82) is 0 Å². The average Bonchev–Trinajstić information content (AvgIpc) is 3.50. The zero-order valence-electron chi connectivity index (χ0n) is 24.1. The summed E-state index contributed by atoms with van der Waals surface area (Å²) in [6.45, 7) is 8.94. The van der Waals surface area contributed by atoms with Gasteiger partial charge in [-0.3, -0.25) is 14.5 Å². The highest BCUT2D eigenvalue weighted by Crippen LogP contribution is 2.46. The molecule has 1 saturated heterocycles. The van der Waals surface area contributed by atoms with E-state index in [4.69, 9.17) is 26.1 Å². The number of aliphatic hydroxyl groups is 1. The van der Waals surface area contributed by atoms with E-state index in [0.29, 0.717) is 46.0 Å². The van der Waals surface area contributed by atoms with Gasteiger partial charge in [-0.05, 0) is 86.3 Å². The van der Waals surface area contributed by atoms with Crippen LogP contribution in [0.5, 0.6) is 11.5 Å². The Bertz CT molecular complexity index is 1680. The number of carbonyl (C=O) groups excluding carboxylic acids is 2. The summed E-state index contributed by atoms with van der Waals surface area (Å²) in [5.41, 5.74) is 3.75. The van der Waals surface area contributed by atoms with Crippen molar-refractivity contribution in [2.75, 3.05) is 18.1 Å². The van der Waals surface area contributed by atoms with Gasteiger partial charge in [0.05, 0.1) is 35.0 Å². The lowest BCUT2D eigenvalue weighted by molar-refractivity contribution is -0.132. The molecule has 1 aliphatic rings. The summed E-state index contributed by atoms with van der Waals surface area (Å²) in [7, 11) is 0. The molecular formula is C33H33ClN2O5S. The number of nitrogens with zero attached hydrogens (tertiary/aromatic N) is 2. The number of aliphatic hydroxyl groups excluding tert-OH is 1. The minimum absolute atomic E-state index is 0.0338. The minimum Gasteiger partial charge on any atom is -0.507 e.